The fraction of sp³-hybridized carbons (Fsp3) is 0.296. The number of halogens is 2. The van der Waals surface area contributed by atoms with Crippen molar-refractivity contribution < 1.29 is 14.0 Å². The highest BCUT2D eigenvalue weighted by Gasteiger charge is 2.31. The second kappa shape index (κ2) is 9.66. The van der Waals surface area contributed by atoms with Crippen molar-refractivity contribution in [3.8, 4) is 5.69 Å². The lowest BCUT2D eigenvalue weighted by atomic mass is 10.1. The Balaban J connectivity index is 1.28. The third kappa shape index (κ3) is 5.46. The summed E-state index contributed by atoms with van der Waals surface area (Å²) in [7, 11) is 0. The number of aromatic nitrogens is 2. The molecule has 3 aromatic rings. The molecular formula is C27H26ClFN4O2. The molecule has 2 aliphatic rings. The highest BCUT2D eigenvalue weighted by Crippen LogP contribution is 2.30. The maximum Gasteiger partial charge on any atom is 0.251 e. The fourth-order valence-corrected chi connectivity index (χ4v) is 4.27. The van der Waals surface area contributed by atoms with E-state index in [1.54, 1.807) is 18.2 Å². The van der Waals surface area contributed by atoms with Gasteiger partial charge in [-0.05, 0) is 80.6 Å². The fourth-order valence-electron chi connectivity index (χ4n) is 3.93. The second-order valence-corrected chi connectivity index (χ2v) is 9.51. The van der Waals surface area contributed by atoms with Gasteiger partial charge in [0.15, 0.2) is 0 Å². The van der Waals surface area contributed by atoms with E-state index in [-0.39, 0.29) is 23.7 Å². The van der Waals surface area contributed by atoms with Crippen molar-refractivity contribution in [1.29, 1.82) is 0 Å². The van der Waals surface area contributed by atoms with Crippen LogP contribution in [0.2, 0.25) is 5.15 Å². The van der Waals surface area contributed by atoms with Crippen molar-refractivity contribution in [3.63, 3.8) is 0 Å². The van der Waals surface area contributed by atoms with Crippen LogP contribution < -0.4 is 5.32 Å². The number of benzene rings is 2. The number of aryl methyl sites for hydroxylation is 1. The predicted octanol–water partition coefficient (Wildman–Crippen LogP) is 5.07. The Bertz CT molecular complexity index is 1280. The molecule has 2 aliphatic carbocycles. The first kappa shape index (κ1) is 23.3. The predicted molar refractivity (Wildman–Crippen MR) is 133 cm³/mol. The molecule has 1 aromatic heterocycles. The Morgan fingerprint density at radius 2 is 1.80 bits per heavy atom. The molecule has 1 N–H and O–H groups in total. The van der Waals surface area contributed by atoms with Crippen LogP contribution in [0.1, 0.15) is 52.9 Å². The van der Waals surface area contributed by atoms with E-state index in [0.29, 0.717) is 40.2 Å². The van der Waals surface area contributed by atoms with Crippen LogP contribution in [0.5, 0.6) is 0 Å². The van der Waals surface area contributed by atoms with E-state index in [4.69, 9.17) is 11.6 Å². The van der Waals surface area contributed by atoms with Crippen LogP contribution in [0.4, 0.5) is 4.39 Å². The Kier molecular flexibility index (Phi) is 6.43. The molecule has 2 saturated carbocycles. The second-order valence-electron chi connectivity index (χ2n) is 9.15. The molecule has 1 heterocycles. The van der Waals surface area contributed by atoms with Gasteiger partial charge in [-0.3, -0.25) is 9.59 Å². The average Bonchev–Trinajstić information content (AvgIpc) is 3.78. The highest BCUT2D eigenvalue weighted by atomic mass is 35.5. The Morgan fingerprint density at radius 3 is 2.43 bits per heavy atom. The summed E-state index contributed by atoms with van der Waals surface area (Å²) in [6.45, 7) is 2.29. The Morgan fingerprint density at radius 1 is 1.11 bits per heavy atom. The number of hydrogen-bond donors (Lipinski definition) is 1. The molecule has 0 unspecified atom stereocenters. The van der Waals surface area contributed by atoms with E-state index < -0.39 is 0 Å². The summed E-state index contributed by atoms with van der Waals surface area (Å²) < 4.78 is 14.8. The third-order valence-corrected chi connectivity index (χ3v) is 6.63. The summed E-state index contributed by atoms with van der Waals surface area (Å²) in [4.78, 5) is 27.2. The van der Waals surface area contributed by atoms with Gasteiger partial charge in [0, 0.05) is 35.8 Å². The van der Waals surface area contributed by atoms with Crippen molar-refractivity contribution in [2.24, 2.45) is 0 Å². The van der Waals surface area contributed by atoms with Crippen LogP contribution in [-0.4, -0.2) is 38.6 Å². The molecule has 2 amide bonds. The zero-order valence-corrected chi connectivity index (χ0v) is 20.1. The topological polar surface area (TPSA) is 67.2 Å². The van der Waals surface area contributed by atoms with Gasteiger partial charge in [0.25, 0.3) is 5.91 Å². The van der Waals surface area contributed by atoms with E-state index >= 15 is 0 Å². The lowest BCUT2D eigenvalue weighted by Gasteiger charge is -2.21. The number of nitrogens with zero attached hydrogens (tertiary/aromatic N) is 3. The van der Waals surface area contributed by atoms with Crippen molar-refractivity contribution >= 4 is 29.5 Å². The van der Waals surface area contributed by atoms with Crippen molar-refractivity contribution in [2.75, 3.05) is 0 Å². The summed E-state index contributed by atoms with van der Waals surface area (Å²) in [5.41, 5.74) is 3.56. The van der Waals surface area contributed by atoms with Crippen LogP contribution in [0.25, 0.3) is 11.8 Å². The molecule has 8 heteroatoms. The summed E-state index contributed by atoms with van der Waals surface area (Å²) >= 11 is 6.55. The Labute approximate surface area is 208 Å². The zero-order chi connectivity index (χ0) is 24.5. The first-order valence-electron chi connectivity index (χ1n) is 11.8. The zero-order valence-electron chi connectivity index (χ0n) is 19.4. The molecule has 0 spiro atoms. The number of carbonyl (C=O) groups is 2. The molecule has 5 rings (SSSR count). The number of amides is 2. The van der Waals surface area contributed by atoms with Crippen molar-refractivity contribution in [3.05, 3.63) is 88.0 Å². The highest BCUT2D eigenvalue weighted by molar-refractivity contribution is 6.31. The van der Waals surface area contributed by atoms with Gasteiger partial charge < -0.3 is 10.2 Å². The molecular weight excluding hydrogens is 467 g/mol. The third-order valence-electron chi connectivity index (χ3n) is 6.26. The first-order valence-corrected chi connectivity index (χ1v) is 12.2. The first-order chi connectivity index (χ1) is 16.9. The summed E-state index contributed by atoms with van der Waals surface area (Å²) in [6.07, 6.45) is 7.27. The van der Waals surface area contributed by atoms with Crippen molar-refractivity contribution in [2.45, 2.75) is 51.2 Å². The average molecular weight is 493 g/mol. The van der Waals surface area contributed by atoms with E-state index in [0.717, 1.165) is 31.2 Å². The molecule has 2 fully saturated rings. The lowest BCUT2D eigenvalue weighted by Crippen LogP contribution is -2.31. The number of carbonyl (C=O) groups excluding carboxylic acids is 2. The van der Waals surface area contributed by atoms with Gasteiger partial charge in [-0.1, -0.05) is 23.7 Å². The summed E-state index contributed by atoms with van der Waals surface area (Å²) in [6, 6.07) is 13.9. The monoisotopic (exact) mass is 492 g/mol. The van der Waals surface area contributed by atoms with Gasteiger partial charge in [-0.25, -0.2) is 9.07 Å². The normalized spacial score (nSPS) is 15.4. The minimum absolute atomic E-state index is 0.0504. The summed E-state index contributed by atoms with van der Waals surface area (Å²) in [5, 5.41) is 7.79. The van der Waals surface area contributed by atoms with Crippen LogP contribution >= 0.6 is 11.6 Å². The van der Waals surface area contributed by atoms with Gasteiger partial charge in [0.2, 0.25) is 5.91 Å². The van der Waals surface area contributed by atoms with E-state index in [2.05, 4.69) is 10.4 Å². The molecule has 35 heavy (non-hydrogen) atoms. The van der Waals surface area contributed by atoms with Gasteiger partial charge in [-0.2, -0.15) is 5.10 Å². The van der Waals surface area contributed by atoms with Gasteiger partial charge >= 0.3 is 0 Å². The van der Waals surface area contributed by atoms with Crippen LogP contribution in [0.15, 0.2) is 54.6 Å². The van der Waals surface area contributed by atoms with E-state index in [1.165, 1.54) is 22.9 Å². The van der Waals surface area contributed by atoms with Gasteiger partial charge in [-0.15, -0.1) is 0 Å². The molecule has 2 aromatic carbocycles. The minimum atomic E-state index is -0.337. The van der Waals surface area contributed by atoms with Gasteiger partial charge in [0.05, 0.1) is 11.4 Å². The van der Waals surface area contributed by atoms with E-state index in [9.17, 15) is 14.0 Å². The van der Waals surface area contributed by atoms with Gasteiger partial charge in [0.1, 0.15) is 11.0 Å². The molecule has 0 atom stereocenters. The standard InChI is InChI=1S/C27H26ClFN4O2/c1-17-24(26(28)33(31-17)23-10-6-20(29)7-11-23)14-15-25(34)32(22-12-13-22)16-18-2-4-19(5-3-18)27(35)30-21-8-9-21/h2-7,10-11,14-15,21-22H,8-9,12-13,16H2,1H3,(H,30,35)/b15-14+. The molecule has 0 radical (unpaired) electrons. The quantitative estimate of drug-likeness (QED) is 0.446. The number of nitrogens with one attached hydrogen (secondary N) is 1. The van der Waals surface area contributed by atoms with Crippen LogP contribution in [0, 0.1) is 12.7 Å². The van der Waals surface area contributed by atoms with Crippen molar-refractivity contribution in [1.82, 2.24) is 20.0 Å². The maximum atomic E-state index is 13.3. The Hall–Kier alpha value is -3.45. The molecule has 6 nitrogen and oxygen atoms in total. The van der Waals surface area contributed by atoms with Crippen LogP contribution in [-0.2, 0) is 11.3 Å². The van der Waals surface area contributed by atoms with E-state index in [1.807, 2.05) is 36.1 Å². The molecule has 0 bridgehead atoms. The maximum absolute atomic E-state index is 13.3. The smallest absolute Gasteiger partial charge is 0.251 e. The lowest BCUT2D eigenvalue weighted by molar-refractivity contribution is -0.127. The SMILES string of the molecule is Cc1nn(-c2ccc(F)cc2)c(Cl)c1/C=C/C(=O)N(Cc1ccc(C(=O)NC2CC2)cc1)C1CC1. The largest absolute Gasteiger partial charge is 0.349 e. The minimum Gasteiger partial charge on any atom is -0.349 e. The molecule has 0 aliphatic heterocycles. The number of rotatable bonds is 8. The molecule has 0 saturated heterocycles. The summed E-state index contributed by atoms with van der Waals surface area (Å²) in [5.74, 6) is -0.491. The van der Waals surface area contributed by atoms with Crippen LogP contribution in [0.3, 0.4) is 0 Å². The number of hydrogen-bond acceptors (Lipinski definition) is 3. The molecule has 180 valence electrons.